The lowest BCUT2D eigenvalue weighted by Gasteiger charge is -2.03. The van der Waals surface area contributed by atoms with Crippen LogP contribution in [0, 0.1) is 0 Å². The molecule has 1 unspecified atom stereocenters. The van der Waals surface area contributed by atoms with Gasteiger partial charge in [0.2, 0.25) is 5.89 Å². The largest absolute Gasteiger partial charge is 0.339 e. The van der Waals surface area contributed by atoms with Gasteiger partial charge >= 0.3 is 0 Å². The van der Waals surface area contributed by atoms with Crippen molar-refractivity contribution >= 4 is 27.7 Å². The molecule has 0 saturated carbocycles. The molecule has 4 nitrogen and oxygen atoms in total. The predicted molar refractivity (Wildman–Crippen MR) is 84.7 cm³/mol. The topological polar surface area (TPSA) is 64.9 Å². The van der Waals surface area contributed by atoms with Crippen molar-refractivity contribution in [1.29, 1.82) is 0 Å². The van der Waals surface area contributed by atoms with Crippen LogP contribution in [0.3, 0.4) is 0 Å². The highest BCUT2D eigenvalue weighted by Gasteiger charge is 2.13. The lowest BCUT2D eigenvalue weighted by molar-refractivity contribution is 0.349. The number of halogens is 1. The highest BCUT2D eigenvalue weighted by Crippen LogP contribution is 2.24. The average molecular weight is 356 g/mol. The van der Waals surface area contributed by atoms with Gasteiger partial charge in [-0.15, -0.1) is 11.8 Å². The molecule has 20 heavy (non-hydrogen) atoms. The molecule has 0 aliphatic rings. The van der Waals surface area contributed by atoms with Crippen molar-refractivity contribution in [1.82, 2.24) is 10.1 Å². The van der Waals surface area contributed by atoms with E-state index in [0.717, 1.165) is 28.9 Å². The van der Waals surface area contributed by atoms with Crippen LogP contribution in [0.4, 0.5) is 0 Å². The van der Waals surface area contributed by atoms with Crippen LogP contribution in [0.15, 0.2) is 38.2 Å². The van der Waals surface area contributed by atoms with Gasteiger partial charge in [-0.05, 0) is 43.7 Å². The van der Waals surface area contributed by atoms with Crippen LogP contribution in [0.2, 0.25) is 0 Å². The SMILES string of the molecule is CC(CCCN)c1nc(CSc2ccc(Br)cc2)no1. The fourth-order valence-corrected chi connectivity index (χ4v) is 2.76. The van der Waals surface area contributed by atoms with E-state index in [1.807, 2.05) is 12.1 Å². The van der Waals surface area contributed by atoms with Crippen LogP contribution < -0.4 is 5.73 Å². The van der Waals surface area contributed by atoms with Crippen molar-refractivity contribution < 1.29 is 4.52 Å². The van der Waals surface area contributed by atoms with Gasteiger partial charge in [0.15, 0.2) is 5.82 Å². The first kappa shape index (κ1) is 15.5. The zero-order valence-electron chi connectivity index (χ0n) is 11.4. The van der Waals surface area contributed by atoms with Crippen LogP contribution in [-0.2, 0) is 5.75 Å². The molecule has 2 N–H and O–H groups in total. The summed E-state index contributed by atoms with van der Waals surface area (Å²) in [6, 6.07) is 8.19. The van der Waals surface area contributed by atoms with Crippen molar-refractivity contribution in [3.63, 3.8) is 0 Å². The smallest absolute Gasteiger partial charge is 0.229 e. The molecule has 0 bridgehead atoms. The molecule has 2 rings (SSSR count). The molecule has 0 aliphatic carbocycles. The van der Waals surface area contributed by atoms with E-state index in [0.29, 0.717) is 12.4 Å². The maximum atomic E-state index is 5.51. The number of nitrogens with two attached hydrogens (primary N) is 1. The van der Waals surface area contributed by atoms with Gasteiger partial charge in [-0.3, -0.25) is 0 Å². The molecule has 0 aliphatic heterocycles. The Bertz CT molecular complexity index is 529. The number of rotatable bonds is 7. The zero-order chi connectivity index (χ0) is 14.4. The summed E-state index contributed by atoms with van der Waals surface area (Å²) in [6.45, 7) is 2.79. The molecule has 0 radical (unpaired) electrons. The summed E-state index contributed by atoms with van der Waals surface area (Å²) in [5.74, 6) is 2.45. The first-order valence-corrected chi connectivity index (χ1v) is 8.38. The third kappa shape index (κ3) is 4.61. The van der Waals surface area contributed by atoms with Crippen molar-refractivity contribution in [2.24, 2.45) is 5.73 Å². The summed E-state index contributed by atoms with van der Waals surface area (Å²) < 4.78 is 6.39. The lowest BCUT2D eigenvalue weighted by Crippen LogP contribution is -2.02. The van der Waals surface area contributed by atoms with Gasteiger partial charge in [0.25, 0.3) is 0 Å². The van der Waals surface area contributed by atoms with Crippen molar-refractivity contribution in [2.45, 2.75) is 36.3 Å². The van der Waals surface area contributed by atoms with Crippen LogP contribution in [0.1, 0.15) is 37.4 Å². The number of nitrogens with zero attached hydrogens (tertiary/aromatic N) is 2. The van der Waals surface area contributed by atoms with E-state index >= 15 is 0 Å². The Labute approximate surface area is 131 Å². The Hall–Kier alpha value is -0.850. The van der Waals surface area contributed by atoms with E-state index < -0.39 is 0 Å². The standard InChI is InChI=1S/C14H18BrN3OS/c1-10(3-2-8-16)14-17-13(18-19-14)9-20-12-6-4-11(15)5-7-12/h4-7,10H,2-3,8-9,16H2,1H3. The minimum atomic E-state index is 0.275. The Morgan fingerprint density at radius 1 is 1.35 bits per heavy atom. The number of thioether (sulfide) groups is 1. The Morgan fingerprint density at radius 2 is 2.10 bits per heavy atom. The number of benzene rings is 1. The van der Waals surface area contributed by atoms with E-state index in [1.165, 1.54) is 4.90 Å². The molecule has 1 atom stereocenters. The number of hydrogen-bond donors (Lipinski definition) is 1. The molecule has 0 spiro atoms. The highest BCUT2D eigenvalue weighted by atomic mass is 79.9. The van der Waals surface area contributed by atoms with E-state index in [4.69, 9.17) is 10.3 Å². The van der Waals surface area contributed by atoms with E-state index in [-0.39, 0.29) is 5.92 Å². The molecule has 1 aromatic heterocycles. The summed E-state index contributed by atoms with van der Waals surface area (Å²) in [5, 5.41) is 4.03. The van der Waals surface area contributed by atoms with E-state index in [2.05, 4.69) is 45.1 Å². The minimum Gasteiger partial charge on any atom is -0.339 e. The van der Waals surface area contributed by atoms with Crippen molar-refractivity contribution in [2.75, 3.05) is 6.54 Å². The fourth-order valence-electron chi connectivity index (χ4n) is 1.75. The minimum absolute atomic E-state index is 0.275. The van der Waals surface area contributed by atoms with E-state index in [1.54, 1.807) is 11.8 Å². The third-order valence-electron chi connectivity index (χ3n) is 2.93. The molecule has 0 fully saturated rings. The molecular weight excluding hydrogens is 338 g/mol. The molecule has 2 aromatic rings. The van der Waals surface area contributed by atoms with Crippen LogP contribution in [-0.4, -0.2) is 16.7 Å². The van der Waals surface area contributed by atoms with Crippen LogP contribution in [0.25, 0.3) is 0 Å². The van der Waals surface area contributed by atoms with Gasteiger partial charge in [0.1, 0.15) is 0 Å². The monoisotopic (exact) mass is 355 g/mol. The van der Waals surface area contributed by atoms with Gasteiger partial charge in [-0.2, -0.15) is 4.98 Å². The average Bonchev–Trinajstić information content (AvgIpc) is 2.93. The second kappa shape index (κ2) is 7.81. The highest BCUT2D eigenvalue weighted by molar-refractivity contribution is 9.10. The molecule has 0 saturated heterocycles. The Morgan fingerprint density at radius 3 is 2.80 bits per heavy atom. The molecule has 0 amide bonds. The Balaban J connectivity index is 1.87. The molecule has 108 valence electrons. The molecular formula is C14H18BrN3OS. The van der Waals surface area contributed by atoms with Crippen molar-refractivity contribution in [3.8, 4) is 0 Å². The van der Waals surface area contributed by atoms with Gasteiger partial charge < -0.3 is 10.3 Å². The van der Waals surface area contributed by atoms with Gasteiger partial charge in [0.05, 0.1) is 5.75 Å². The second-order valence-corrected chi connectivity index (χ2v) is 6.59. The van der Waals surface area contributed by atoms with Gasteiger partial charge in [-0.1, -0.05) is 28.0 Å². The van der Waals surface area contributed by atoms with Gasteiger partial charge in [-0.25, -0.2) is 0 Å². The van der Waals surface area contributed by atoms with Crippen LogP contribution in [0.5, 0.6) is 0 Å². The summed E-state index contributed by atoms with van der Waals surface area (Å²) in [6.07, 6.45) is 1.96. The normalized spacial score (nSPS) is 12.6. The summed E-state index contributed by atoms with van der Waals surface area (Å²) in [4.78, 5) is 5.64. The summed E-state index contributed by atoms with van der Waals surface area (Å²) in [5.41, 5.74) is 5.51. The predicted octanol–water partition coefficient (Wildman–Crippen LogP) is 3.97. The molecule has 6 heteroatoms. The molecule has 1 heterocycles. The first-order valence-electron chi connectivity index (χ1n) is 6.60. The van der Waals surface area contributed by atoms with Crippen molar-refractivity contribution in [3.05, 3.63) is 40.5 Å². The summed E-state index contributed by atoms with van der Waals surface area (Å²) in [7, 11) is 0. The van der Waals surface area contributed by atoms with Gasteiger partial charge in [0, 0.05) is 15.3 Å². The zero-order valence-corrected chi connectivity index (χ0v) is 13.8. The number of aromatic nitrogens is 2. The quantitative estimate of drug-likeness (QED) is 0.761. The second-order valence-electron chi connectivity index (χ2n) is 4.62. The lowest BCUT2D eigenvalue weighted by atomic mass is 10.1. The maximum Gasteiger partial charge on any atom is 0.229 e. The van der Waals surface area contributed by atoms with Crippen LogP contribution >= 0.6 is 27.7 Å². The maximum absolute atomic E-state index is 5.51. The number of hydrogen-bond acceptors (Lipinski definition) is 5. The summed E-state index contributed by atoms with van der Waals surface area (Å²) >= 11 is 5.12. The van der Waals surface area contributed by atoms with E-state index in [9.17, 15) is 0 Å². The third-order valence-corrected chi connectivity index (χ3v) is 4.46. The Kier molecular flexibility index (Phi) is 6.06. The fraction of sp³-hybridized carbons (Fsp3) is 0.429. The molecule has 1 aromatic carbocycles. The first-order chi connectivity index (χ1) is 9.69.